The number of carbonyl (C=O) groups is 2. The van der Waals surface area contributed by atoms with Crippen LogP contribution in [-0.2, 0) is 13.5 Å². The molecule has 0 bridgehead atoms. The van der Waals surface area contributed by atoms with E-state index >= 15 is 0 Å². The minimum atomic E-state index is -1.04. The van der Waals surface area contributed by atoms with Gasteiger partial charge in [-0.15, -0.1) is 0 Å². The monoisotopic (exact) mass is 446 g/mol. The molecule has 5 rings (SSSR count). The van der Waals surface area contributed by atoms with E-state index in [-0.39, 0.29) is 11.6 Å². The van der Waals surface area contributed by atoms with Crippen molar-refractivity contribution in [2.75, 3.05) is 25.0 Å². The van der Waals surface area contributed by atoms with Gasteiger partial charge in [0.2, 0.25) is 11.7 Å². The predicted octanol–water partition coefficient (Wildman–Crippen LogP) is 2.74. The lowest BCUT2D eigenvalue weighted by molar-refractivity contribution is 0.0684. The lowest BCUT2D eigenvalue weighted by Crippen LogP contribution is -2.40. The first-order chi connectivity index (χ1) is 15.9. The average molecular weight is 446 g/mol. The molecule has 0 aliphatic carbocycles. The van der Waals surface area contributed by atoms with Crippen molar-refractivity contribution in [2.45, 2.75) is 13.3 Å². The molecule has 10 heteroatoms. The van der Waals surface area contributed by atoms with Crippen molar-refractivity contribution in [3.63, 3.8) is 0 Å². The van der Waals surface area contributed by atoms with Crippen LogP contribution in [0.3, 0.4) is 0 Å². The van der Waals surface area contributed by atoms with Gasteiger partial charge in [0.15, 0.2) is 0 Å². The number of hydrogen-bond donors (Lipinski definition) is 2. The van der Waals surface area contributed by atoms with Gasteiger partial charge in [0.25, 0.3) is 5.91 Å². The van der Waals surface area contributed by atoms with Gasteiger partial charge in [0, 0.05) is 62.9 Å². The summed E-state index contributed by atoms with van der Waals surface area (Å²) in [5, 5.41) is 18.6. The smallest absolute Gasteiger partial charge is 0.352 e. The van der Waals surface area contributed by atoms with Gasteiger partial charge in [0.1, 0.15) is 11.5 Å². The first-order valence-corrected chi connectivity index (χ1v) is 10.6. The number of amides is 1. The van der Waals surface area contributed by atoms with Gasteiger partial charge >= 0.3 is 5.97 Å². The van der Waals surface area contributed by atoms with Crippen molar-refractivity contribution >= 4 is 28.5 Å². The minimum absolute atomic E-state index is 0.126. The van der Waals surface area contributed by atoms with E-state index in [4.69, 9.17) is 4.52 Å². The van der Waals surface area contributed by atoms with Crippen molar-refractivity contribution in [2.24, 2.45) is 7.05 Å². The van der Waals surface area contributed by atoms with Crippen LogP contribution >= 0.6 is 0 Å². The van der Waals surface area contributed by atoms with E-state index in [9.17, 15) is 14.7 Å². The molecule has 0 unspecified atom stereocenters. The van der Waals surface area contributed by atoms with Gasteiger partial charge in [-0.2, -0.15) is 4.98 Å². The number of anilines is 1. The summed E-state index contributed by atoms with van der Waals surface area (Å²) in [7, 11) is 1.68. The highest BCUT2D eigenvalue weighted by Crippen LogP contribution is 2.27. The van der Waals surface area contributed by atoms with Crippen LogP contribution < -0.4 is 5.32 Å². The molecule has 0 spiro atoms. The van der Waals surface area contributed by atoms with Crippen LogP contribution in [0.5, 0.6) is 0 Å². The topological polar surface area (TPSA) is 126 Å². The predicted molar refractivity (Wildman–Crippen MR) is 120 cm³/mol. The fourth-order valence-corrected chi connectivity index (χ4v) is 4.24. The first-order valence-electron chi connectivity index (χ1n) is 10.6. The highest BCUT2D eigenvalue weighted by Gasteiger charge is 2.29. The first kappa shape index (κ1) is 20.7. The number of rotatable bonds is 6. The molecule has 4 aromatic rings. The largest absolute Gasteiger partial charge is 0.477 e. The Labute approximate surface area is 188 Å². The van der Waals surface area contributed by atoms with E-state index in [1.807, 2.05) is 24.3 Å². The molecular formula is C23H22N6O4. The summed E-state index contributed by atoms with van der Waals surface area (Å²) in [5.74, 6) is 0.528. The molecule has 0 fully saturated rings. The van der Waals surface area contributed by atoms with Crippen LogP contribution in [0.2, 0.25) is 0 Å². The van der Waals surface area contributed by atoms with Crippen molar-refractivity contribution < 1.29 is 19.2 Å². The Kier molecular flexibility index (Phi) is 5.04. The van der Waals surface area contributed by atoms with Crippen LogP contribution in [0.15, 0.2) is 41.1 Å². The van der Waals surface area contributed by atoms with E-state index in [0.29, 0.717) is 49.2 Å². The Balaban J connectivity index is 1.32. The number of aromatic carboxylic acids is 1. The zero-order chi connectivity index (χ0) is 23.1. The summed E-state index contributed by atoms with van der Waals surface area (Å²) >= 11 is 0. The molecule has 1 aliphatic heterocycles. The Bertz CT molecular complexity index is 1390. The molecule has 0 saturated carbocycles. The van der Waals surface area contributed by atoms with E-state index < -0.39 is 5.97 Å². The Hall–Kier alpha value is -4.21. The maximum atomic E-state index is 12.9. The number of carboxylic acids is 1. The highest BCUT2D eigenvalue weighted by atomic mass is 16.5. The van der Waals surface area contributed by atoms with Crippen LogP contribution in [-0.4, -0.2) is 61.2 Å². The van der Waals surface area contributed by atoms with Crippen molar-refractivity contribution in [3.05, 3.63) is 59.4 Å². The fraction of sp³-hybridized carbons (Fsp3) is 0.261. The maximum Gasteiger partial charge on any atom is 0.352 e. The van der Waals surface area contributed by atoms with Gasteiger partial charge in [-0.25, -0.2) is 9.78 Å². The summed E-state index contributed by atoms with van der Waals surface area (Å²) in [5.41, 5.74) is 2.18. The number of fused-ring (bicyclic) bond motifs is 2. The van der Waals surface area contributed by atoms with E-state index in [1.54, 1.807) is 29.6 Å². The van der Waals surface area contributed by atoms with Gasteiger partial charge in [0.05, 0.1) is 5.56 Å². The number of nitrogens with zero attached hydrogens (tertiary/aromatic N) is 5. The third-order valence-electron chi connectivity index (χ3n) is 5.94. The standard InChI is InChI=1S/C23H22N6O4/c1-13-26-20(27-33-13)15-4-3-14-5-7-24-21(16(14)11-15)25-8-10-29-9-6-18-17(22(29)30)12-19(23(31)32)28(18)2/h3-5,7,11-12H,6,8-10H2,1-2H3,(H,24,25)(H,31,32). The second-order valence-electron chi connectivity index (χ2n) is 7.96. The second-order valence-corrected chi connectivity index (χ2v) is 7.96. The number of carboxylic acid groups (broad SMARTS) is 1. The molecule has 168 valence electrons. The Morgan fingerprint density at radius 2 is 2.12 bits per heavy atom. The van der Waals surface area contributed by atoms with Crippen LogP contribution in [0.4, 0.5) is 5.82 Å². The third-order valence-corrected chi connectivity index (χ3v) is 5.94. The van der Waals surface area contributed by atoms with Crippen molar-refractivity contribution in [1.82, 2.24) is 24.6 Å². The number of aryl methyl sites for hydroxylation is 1. The van der Waals surface area contributed by atoms with Gasteiger partial charge in [-0.1, -0.05) is 17.3 Å². The molecule has 33 heavy (non-hydrogen) atoms. The zero-order valence-corrected chi connectivity index (χ0v) is 18.2. The molecule has 10 nitrogen and oxygen atoms in total. The fourth-order valence-electron chi connectivity index (χ4n) is 4.24. The van der Waals surface area contributed by atoms with E-state index in [0.717, 1.165) is 22.0 Å². The summed E-state index contributed by atoms with van der Waals surface area (Å²) < 4.78 is 6.68. The minimum Gasteiger partial charge on any atom is -0.477 e. The second kappa shape index (κ2) is 8.05. The van der Waals surface area contributed by atoms with Gasteiger partial charge < -0.3 is 24.4 Å². The average Bonchev–Trinajstić information content (AvgIpc) is 3.39. The molecule has 1 amide bonds. The number of pyridine rings is 1. The molecule has 1 aromatic carbocycles. The molecule has 2 N–H and O–H groups in total. The summed E-state index contributed by atoms with van der Waals surface area (Å²) in [6.07, 6.45) is 2.35. The molecule has 3 aromatic heterocycles. The van der Waals surface area contributed by atoms with Gasteiger partial charge in [-0.05, 0) is 23.6 Å². The Morgan fingerprint density at radius 1 is 1.27 bits per heavy atom. The Morgan fingerprint density at radius 3 is 2.88 bits per heavy atom. The molecule has 0 atom stereocenters. The number of hydrogen-bond acceptors (Lipinski definition) is 7. The quantitative estimate of drug-likeness (QED) is 0.463. The zero-order valence-electron chi connectivity index (χ0n) is 18.2. The highest BCUT2D eigenvalue weighted by molar-refractivity contribution is 6.00. The molecule has 4 heterocycles. The number of benzene rings is 1. The lowest BCUT2D eigenvalue weighted by atomic mass is 10.1. The third kappa shape index (κ3) is 3.69. The lowest BCUT2D eigenvalue weighted by Gasteiger charge is -2.27. The summed E-state index contributed by atoms with van der Waals surface area (Å²) in [6, 6.07) is 9.27. The SMILES string of the molecule is Cc1nc(-c2ccc3ccnc(NCCN4CCc5c(cc(C(=O)O)n5C)C4=O)c3c2)no1. The molecular weight excluding hydrogens is 424 g/mol. The van der Waals surface area contributed by atoms with Crippen molar-refractivity contribution in [1.29, 1.82) is 0 Å². The summed E-state index contributed by atoms with van der Waals surface area (Å²) in [6.45, 7) is 3.25. The maximum absolute atomic E-state index is 12.9. The summed E-state index contributed by atoms with van der Waals surface area (Å²) in [4.78, 5) is 34.8. The molecule has 0 saturated heterocycles. The van der Waals surface area contributed by atoms with E-state index in [2.05, 4.69) is 20.4 Å². The van der Waals surface area contributed by atoms with Crippen molar-refractivity contribution in [3.8, 4) is 11.4 Å². The van der Waals surface area contributed by atoms with E-state index in [1.165, 1.54) is 6.07 Å². The number of nitrogens with one attached hydrogen (secondary N) is 1. The number of aromatic nitrogens is 4. The van der Waals surface area contributed by atoms with Crippen LogP contribution in [0, 0.1) is 6.92 Å². The molecule has 0 radical (unpaired) electrons. The number of carbonyl (C=O) groups excluding carboxylic acids is 1. The normalized spacial score (nSPS) is 13.4. The van der Waals surface area contributed by atoms with Gasteiger partial charge in [-0.3, -0.25) is 4.79 Å². The molecule has 1 aliphatic rings. The van der Waals surface area contributed by atoms with Crippen LogP contribution in [0.25, 0.3) is 22.2 Å². The van der Waals surface area contributed by atoms with Crippen LogP contribution in [0.1, 0.15) is 32.4 Å².